The van der Waals surface area contributed by atoms with E-state index in [0.29, 0.717) is 0 Å². The molecule has 1 aliphatic carbocycles. The van der Waals surface area contributed by atoms with E-state index in [9.17, 15) is 9.59 Å². The van der Waals surface area contributed by atoms with Gasteiger partial charge in [0.25, 0.3) is 0 Å². The first-order valence-electron chi connectivity index (χ1n) is 7.04. The number of amides is 2. The highest BCUT2D eigenvalue weighted by atomic mass is 79.9. The number of hydrogen-bond acceptors (Lipinski definition) is 3. The van der Waals surface area contributed by atoms with Gasteiger partial charge in [-0.3, -0.25) is 9.59 Å². The Kier molecular flexibility index (Phi) is 5.92. The van der Waals surface area contributed by atoms with Crippen molar-refractivity contribution < 1.29 is 9.59 Å². The lowest BCUT2D eigenvalue weighted by molar-refractivity contribution is -0.139. The van der Waals surface area contributed by atoms with Gasteiger partial charge in [0.15, 0.2) is 0 Å². The van der Waals surface area contributed by atoms with Gasteiger partial charge in [0.2, 0.25) is 0 Å². The van der Waals surface area contributed by atoms with Gasteiger partial charge in [-0.2, -0.15) is 5.10 Å². The zero-order chi connectivity index (χ0) is 15.1. The highest BCUT2D eigenvalue weighted by Gasteiger charge is 2.19. The molecule has 21 heavy (non-hydrogen) atoms. The van der Waals surface area contributed by atoms with E-state index in [1.54, 1.807) is 0 Å². The van der Waals surface area contributed by atoms with Crippen LogP contribution in [-0.2, 0) is 9.59 Å². The van der Waals surface area contributed by atoms with Crippen molar-refractivity contribution in [2.75, 3.05) is 0 Å². The molecule has 5 nitrogen and oxygen atoms in total. The maximum atomic E-state index is 11.7. The van der Waals surface area contributed by atoms with E-state index in [1.807, 2.05) is 24.3 Å². The molecular formula is C15H18BrN3O2. The number of carbonyl (C=O) groups is 2. The van der Waals surface area contributed by atoms with Gasteiger partial charge in [0.05, 0.1) is 6.21 Å². The van der Waals surface area contributed by atoms with Gasteiger partial charge < -0.3 is 5.32 Å². The maximum absolute atomic E-state index is 11.7. The first-order chi connectivity index (χ1) is 10.1. The van der Waals surface area contributed by atoms with Crippen LogP contribution < -0.4 is 10.7 Å². The highest BCUT2D eigenvalue weighted by molar-refractivity contribution is 9.10. The van der Waals surface area contributed by atoms with E-state index in [0.717, 1.165) is 35.7 Å². The molecule has 6 heteroatoms. The number of carbonyl (C=O) groups excluding carboxylic acids is 2. The summed E-state index contributed by atoms with van der Waals surface area (Å²) in [6, 6.07) is 7.56. The average Bonchev–Trinajstić information content (AvgIpc) is 2.50. The van der Waals surface area contributed by atoms with Crippen molar-refractivity contribution >= 4 is 34.0 Å². The predicted octanol–water partition coefficient (Wildman–Crippen LogP) is 2.35. The molecule has 1 aromatic carbocycles. The Morgan fingerprint density at radius 1 is 1.10 bits per heavy atom. The van der Waals surface area contributed by atoms with Gasteiger partial charge in [-0.25, -0.2) is 5.43 Å². The third-order valence-electron chi connectivity index (χ3n) is 3.40. The lowest BCUT2D eigenvalue weighted by atomic mass is 9.95. The number of hydrazone groups is 1. The molecule has 0 saturated heterocycles. The summed E-state index contributed by atoms with van der Waals surface area (Å²) in [5, 5.41) is 6.53. The average molecular weight is 352 g/mol. The quantitative estimate of drug-likeness (QED) is 0.498. The summed E-state index contributed by atoms with van der Waals surface area (Å²) in [6.45, 7) is 0. The van der Waals surface area contributed by atoms with Crippen molar-refractivity contribution in [3.8, 4) is 0 Å². The molecule has 0 spiro atoms. The highest BCUT2D eigenvalue weighted by Crippen LogP contribution is 2.17. The minimum atomic E-state index is -0.728. The van der Waals surface area contributed by atoms with Gasteiger partial charge >= 0.3 is 11.8 Å². The van der Waals surface area contributed by atoms with E-state index in [1.165, 1.54) is 12.6 Å². The van der Waals surface area contributed by atoms with E-state index in [-0.39, 0.29) is 6.04 Å². The Bertz CT molecular complexity index is 522. The van der Waals surface area contributed by atoms with Crippen LogP contribution in [0.4, 0.5) is 0 Å². The molecule has 0 heterocycles. The molecule has 1 fully saturated rings. The van der Waals surface area contributed by atoms with Crippen LogP contribution in [0.15, 0.2) is 33.8 Å². The number of nitrogens with one attached hydrogen (secondary N) is 2. The minimum Gasteiger partial charge on any atom is -0.345 e. The molecular weight excluding hydrogens is 334 g/mol. The molecule has 1 saturated carbocycles. The van der Waals surface area contributed by atoms with Crippen LogP contribution in [0.25, 0.3) is 0 Å². The van der Waals surface area contributed by atoms with Crippen LogP contribution >= 0.6 is 15.9 Å². The third kappa shape index (κ3) is 5.30. The van der Waals surface area contributed by atoms with Crippen molar-refractivity contribution in [2.24, 2.45) is 5.10 Å². The van der Waals surface area contributed by atoms with E-state index < -0.39 is 11.8 Å². The van der Waals surface area contributed by atoms with E-state index in [2.05, 4.69) is 31.8 Å². The standard InChI is InChI=1S/C15H18BrN3O2/c16-12-8-6-11(7-9-12)10-17-19-15(21)14(20)18-13-4-2-1-3-5-13/h6-10,13H,1-5H2,(H,18,20)(H,19,21). The van der Waals surface area contributed by atoms with Gasteiger partial charge in [0.1, 0.15) is 0 Å². The number of benzene rings is 1. The number of halogens is 1. The van der Waals surface area contributed by atoms with Crippen LogP contribution in [0, 0.1) is 0 Å². The second kappa shape index (κ2) is 7.93. The summed E-state index contributed by atoms with van der Waals surface area (Å²) in [4.78, 5) is 23.3. The lowest BCUT2D eigenvalue weighted by Crippen LogP contribution is -2.44. The van der Waals surface area contributed by atoms with Crippen molar-refractivity contribution in [2.45, 2.75) is 38.1 Å². The van der Waals surface area contributed by atoms with Crippen LogP contribution in [-0.4, -0.2) is 24.1 Å². The van der Waals surface area contributed by atoms with Crippen molar-refractivity contribution in [3.05, 3.63) is 34.3 Å². The van der Waals surface area contributed by atoms with Gasteiger partial charge in [-0.05, 0) is 30.5 Å². The van der Waals surface area contributed by atoms with Crippen LogP contribution in [0.5, 0.6) is 0 Å². The Labute approximate surface area is 132 Å². The van der Waals surface area contributed by atoms with Crippen molar-refractivity contribution in [3.63, 3.8) is 0 Å². The fourth-order valence-corrected chi connectivity index (χ4v) is 2.53. The smallest absolute Gasteiger partial charge is 0.329 e. The number of nitrogens with zero attached hydrogens (tertiary/aromatic N) is 1. The molecule has 0 unspecified atom stereocenters. The zero-order valence-corrected chi connectivity index (χ0v) is 13.2. The van der Waals surface area contributed by atoms with Crippen LogP contribution in [0.2, 0.25) is 0 Å². The third-order valence-corrected chi connectivity index (χ3v) is 3.93. The molecule has 0 radical (unpaired) electrons. The summed E-state index contributed by atoms with van der Waals surface area (Å²) in [5.41, 5.74) is 3.08. The minimum absolute atomic E-state index is 0.118. The van der Waals surface area contributed by atoms with E-state index >= 15 is 0 Å². The molecule has 2 rings (SSSR count). The van der Waals surface area contributed by atoms with Gasteiger partial charge in [0, 0.05) is 10.5 Å². The monoisotopic (exact) mass is 351 g/mol. The van der Waals surface area contributed by atoms with E-state index in [4.69, 9.17) is 0 Å². The SMILES string of the molecule is O=C(NN=Cc1ccc(Br)cc1)C(=O)NC1CCCCC1. The molecule has 112 valence electrons. The maximum Gasteiger partial charge on any atom is 0.329 e. The number of rotatable bonds is 3. The summed E-state index contributed by atoms with van der Waals surface area (Å²) in [5.74, 6) is -1.34. The Hall–Kier alpha value is -1.69. The van der Waals surface area contributed by atoms with Crippen LogP contribution in [0.1, 0.15) is 37.7 Å². The summed E-state index contributed by atoms with van der Waals surface area (Å²) in [6.07, 6.45) is 6.80. The summed E-state index contributed by atoms with van der Waals surface area (Å²) in [7, 11) is 0. The summed E-state index contributed by atoms with van der Waals surface area (Å²) < 4.78 is 0.968. The Morgan fingerprint density at radius 2 is 1.76 bits per heavy atom. The molecule has 2 amide bonds. The topological polar surface area (TPSA) is 70.6 Å². The normalized spacial score (nSPS) is 15.9. The molecule has 0 atom stereocenters. The largest absolute Gasteiger partial charge is 0.345 e. The fourth-order valence-electron chi connectivity index (χ4n) is 2.26. The first kappa shape index (κ1) is 15.7. The lowest BCUT2D eigenvalue weighted by Gasteiger charge is -2.22. The second-order valence-electron chi connectivity index (χ2n) is 5.06. The molecule has 0 aromatic heterocycles. The van der Waals surface area contributed by atoms with Gasteiger partial charge in [-0.1, -0.05) is 47.3 Å². The second-order valence-corrected chi connectivity index (χ2v) is 5.97. The molecule has 1 aromatic rings. The molecule has 2 N–H and O–H groups in total. The van der Waals surface area contributed by atoms with Crippen LogP contribution in [0.3, 0.4) is 0 Å². The molecule has 0 bridgehead atoms. The molecule has 1 aliphatic rings. The number of hydrogen-bond donors (Lipinski definition) is 2. The molecule has 0 aliphatic heterocycles. The Balaban J connectivity index is 1.77. The zero-order valence-electron chi connectivity index (χ0n) is 11.6. The van der Waals surface area contributed by atoms with Gasteiger partial charge in [-0.15, -0.1) is 0 Å². The predicted molar refractivity (Wildman–Crippen MR) is 84.9 cm³/mol. The van der Waals surface area contributed by atoms with Crippen molar-refractivity contribution in [1.29, 1.82) is 0 Å². The van der Waals surface area contributed by atoms with Crippen molar-refractivity contribution in [1.82, 2.24) is 10.7 Å². The summed E-state index contributed by atoms with van der Waals surface area (Å²) >= 11 is 3.34. The Morgan fingerprint density at radius 3 is 2.43 bits per heavy atom. The first-order valence-corrected chi connectivity index (χ1v) is 7.84. The fraction of sp³-hybridized carbons (Fsp3) is 0.400.